The Hall–Kier alpha value is -2.40. The van der Waals surface area contributed by atoms with Crippen LogP contribution in [0.25, 0.3) is 21.9 Å². The van der Waals surface area contributed by atoms with Gasteiger partial charge in [-0.1, -0.05) is 6.07 Å². The highest BCUT2D eigenvalue weighted by molar-refractivity contribution is 5.88. The number of hydrogen-bond acceptors (Lipinski definition) is 3. The SMILES string of the molecule is Cc1c(-c2ccc3c(=O)[nH]nc(CN)c3c2)ccn1C. The van der Waals surface area contributed by atoms with Crippen molar-refractivity contribution in [1.82, 2.24) is 14.8 Å². The number of nitrogens with one attached hydrogen (secondary N) is 1. The zero-order valence-corrected chi connectivity index (χ0v) is 11.5. The lowest BCUT2D eigenvalue weighted by molar-refractivity contribution is 0.883. The van der Waals surface area contributed by atoms with Crippen molar-refractivity contribution in [3.8, 4) is 11.1 Å². The van der Waals surface area contributed by atoms with Gasteiger partial charge in [0.2, 0.25) is 0 Å². The molecule has 1 aromatic carbocycles. The van der Waals surface area contributed by atoms with Crippen molar-refractivity contribution in [2.45, 2.75) is 13.5 Å². The maximum absolute atomic E-state index is 11.8. The second kappa shape index (κ2) is 4.61. The molecule has 3 aromatic rings. The van der Waals surface area contributed by atoms with Gasteiger partial charge < -0.3 is 10.3 Å². The summed E-state index contributed by atoms with van der Waals surface area (Å²) in [6.07, 6.45) is 2.02. The molecule has 5 nitrogen and oxygen atoms in total. The summed E-state index contributed by atoms with van der Waals surface area (Å²) in [4.78, 5) is 11.8. The number of aryl methyl sites for hydroxylation is 1. The van der Waals surface area contributed by atoms with Gasteiger partial charge >= 0.3 is 0 Å². The Morgan fingerprint density at radius 1 is 1.30 bits per heavy atom. The number of rotatable bonds is 2. The number of aromatic amines is 1. The van der Waals surface area contributed by atoms with Crippen molar-refractivity contribution < 1.29 is 0 Å². The standard InChI is InChI=1S/C15H16N4O/c1-9-11(5-6-19(9)2)10-3-4-12-13(7-10)14(8-16)17-18-15(12)20/h3-7H,8,16H2,1-2H3,(H,18,20). The summed E-state index contributed by atoms with van der Waals surface area (Å²) in [5.41, 5.74) is 9.61. The van der Waals surface area contributed by atoms with Crippen LogP contribution < -0.4 is 11.3 Å². The van der Waals surface area contributed by atoms with Crippen LogP contribution in [0.15, 0.2) is 35.3 Å². The van der Waals surface area contributed by atoms with E-state index in [0.717, 1.165) is 16.5 Å². The predicted molar refractivity (Wildman–Crippen MR) is 79.4 cm³/mol. The number of aromatic nitrogens is 3. The zero-order valence-electron chi connectivity index (χ0n) is 11.5. The van der Waals surface area contributed by atoms with Crippen molar-refractivity contribution in [2.24, 2.45) is 12.8 Å². The minimum atomic E-state index is -0.187. The summed E-state index contributed by atoms with van der Waals surface area (Å²) >= 11 is 0. The van der Waals surface area contributed by atoms with Crippen LogP contribution in [0.4, 0.5) is 0 Å². The number of H-pyrrole nitrogens is 1. The highest BCUT2D eigenvalue weighted by Crippen LogP contribution is 2.27. The first-order valence-electron chi connectivity index (χ1n) is 6.45. The lowest BCUT2D eigenvalue weighted by Crippen LogP contribution is -2.13. The van der Waals surface area contributed by atoms with E-state index in [9.17, 15) is 4.79 Å². The van der Waals surface area contributed by atoms with E-state index in [2.05, 4.69) is 27.8 Å². The van der Waals surface area contributed by atoms with E-state index in [-0.39, 0.29) is 5.56 Å². The van der Waals surface area contributed by atoms with E-state index in [0.29, 0.717) is 17.6 Å². The molecule has 0 bridgehead atoms. The fourth-order valence-corrected chi connectivity index (χ4v) is 2.46. The van der Waals surface area contributed by atoms with Crippen molar-refractivity contribution in [1.29, 1.82) is 0 Å². The fraction of sp³-hybridized carbons (Fsp3) is 0.200. The molecular weight excluding hydrogens is 252 g/mol. The van der Waals surface area contributed by atoms with Crippen molar-refractivity contribution in [3.63, 3.8) is 0 Å². The molecule has 0 saturated heterocycles. The summed E-state index contributed by atoms with van der Waals surface area (Å²) < 4.78 is 2.07. The Bertz CT molecular complexity index is 845. The molecule has 0 aliphatic heterocycles. The Labute approximate surface area is 116 Å². The molecule has 3 rings (SSSR count). The van der Waals surface area contributed by atoms with Crippen molar-refractivity contribution in [3.05, 3.63) is 52.2 Å². The van der Waals surface area contributed by atoms with Crippen LogP contribution in [0, 0.1) is 6.92 Å². The zero-order chi connectivity index (χ0) is 14.3. The monoisotopic (exact) mass is 268 g/mol. The molecule has 0 unspecified atom stereocenters. The largest absolute Gasteiger partial charge is 0.354 e. The van der Waals surface area contributed by atoms with Crippen LogP contribution in [0.3, 0.4) is 0 Å². The maximum atomic E-state index is 11.8. The normalized spacial score (nSPS) is 11.2. The molecule has 102 valence electrons. The van der Waals surface area contributed by atoms with Gasteiger partial charge in [0.1, 0.15) is 0 Å². The lowest BCUT2D eigenvalue weighted by atomic mass is 10.0. The molecule has 5 heteroatoms. The van der Waals surface area contributed by atoms with Crippen LogP contribution in [0.1, 0.15) is 11.4 Å². The molecule has 3 N–H and O–H groups in total. The molecule has 0 radical (unpaired) electrons. The molecule has 0 spiro atoms. The molecule has 0 aliphatic rings. The van der Waals surface area contributed by atoms with Gasteiger partial charge in [-0.05, 0) is 30.7 Å². The fourth-order valence-electron chi connectivity index (χ4n) is 2.46. The first-order chi connectivity index (χ1) is 9.61. The van der Waals surface area contributed by atoms with Crippen molar-refractivity contribution >= 4 is 10.8 Å². The summed E-state index contributed by atoms with van der Waals surface area (Å²) in [7, 11) is 2.01. The number of benzene rings is 1. The summed E-state index contributed by atoms with van der Waals surface area (Å²) in [5.74, 6) is 0. The van der Waals surface area contributed by atoms with E-state index >= 15 is 0 Å². The first-order valence-corrected chi connectivity index (χ1v) is 6.45. The minimum Gasteiger partial charge on any atom is -0.354 e. The number of nitrogens with two attached hydrogens (primary N) is 1. The number of nitrogens with zero attached hydrogens (tertiary/aromatic N) is 2. The van der Waals surface area contributed by atoms with Crippen LogP contribution in [0.5, 0.6) is 0 Å². The third-order valence-electron chi connectivity index (χ3n) is 3.76. The van der Waals surface area contributed by atoms with Crippen LogP contribution >= 0.6 is 0 Å². The van der Waals surface area contributed by atoms with E-state index in [1.807, 2.05) is 31.4 Å². The molecule has 20 heavy (non-hydrogen) atoms. The molecule has 0 aliphatic carbocycles. The smallest absolute Gasteiger partial charge is 0.272 e. The third kappa shape index (κ3) is 1.83. The molecule has 2 aromatic heterocycles. The lowest BCUT2D eigenvalue weighted by Gasteiger charge is -2.07. The Balaban J connectivity index is 2.30. The number of hydrogen-bond donors (Lipinski definition) is 2. The average molecular weight is 268 g/mol. The Morgan fingerprint density at radius 2 is 2.10 bits per heavy atom. The summed E-state index contributed by atoms with van der Waals surface area (Å²) in [6.45, 7) is 2.37. The van der Waals surface area contributed by atoms with Gasteiger partial charge in [0, 0.05) is 36.4 Å². The van der Waals surface area contributed by atoms with Gasteiger partial charge in [-0.25, -0.2) is 5.10 Å². The molecule has 0 saturated carbocycles. The molecular formula is C15H16N4O. The molecule has 0 fully saturated rings. The van der Waals surface area contributed by atoms with E-state index in [1.165, 1.54) is 5.69 Å². The third-order valence-corrected chi connectivity index (χ3v) is 3.76. The van der Waals surface area contributed by atoms with E-state index in [4.69, 9.17) is 5.73 Å². The van der Waals surface area contributed by atoms with Gasteiger partial charge in [0.25, 0.3) is 5.56 Å². The van der Waals surface area contributed by atoms with E-state index < -0.39 is 0 Å². The highest BCUT2D eigenvalue weighted by Gasteiger charge is 2.10. The summed E-state index contributed by atoms with van der Waals surface area (Å²) in [6, 6.07) is 7.85. The van der Waals surface area contributed by atoms with Crippen molar-refractivity contribution in [2.75, 3.05) is 0 Å². The van der Waals surface area contributed by atoms with Gasteiger partial charge in [0.05, 0.1) is 11.1 Å². The van der Waals surface area contributed by atoms with Crippen LogP contribution in [-0.4, -0.2) is 14.8 Å². The Kier molecular flexibility index (Phi) is 2.91. The van der Waals surface area contributed by atoms with Gasteiger partial charge in [-0.2, -0.15) is 5.10 Å². The molecule has 2 heterocycles. The first kappa shape index (κ1) is 12.6. The second-order valence-corrected chi connectivity index (χ2v) is 4.89. The molecule has 0 amide bonds. The van der Waals surface area contributed by atoms with Gasteiger partial charge in [0.15, 0.2) is 0 Å². The molecule has 0 atom stereocenters. The topological polar surface area (TPSA) is 76.7 Å². The second-order valence-electron chi connectivity index (χ2n) is 4.89. The average Bonchev–Trinajstić information content (AvgIpc) is 2.79. The number of fused-ring (bicyclic) bond motifs is 1. The van der Waals surface area contributed by atoms with E-state index in [1.54, 1.807) is 0 Å². The minimum absolute atomic E-state index is 0.187. The van der Waals surface area contributed by atoms with Crippen LogP contribution in [0.2, 0.25) is 0 Å². The van der Waals surface area contributed by atoms with Crippen LogP contribution in [-0.2, 0) is 13.6 Å². The quantitative estimate of drug-likeness (QED) is 0.742. The predicted octanol–water partition coefficient (Wildman–Crippen LogP) is 1.70. The van der Waals surface area contributed by atoms with Gasteiger partial charge in [-0.15, -0.1) is 0 Å². The maximum Gasteiger partial charge on any atom is 0.272 e. The highest BCUT2D eigenvalue weighted by atomic mass is 16.1. The summed E-state index contributed by atoms with van der Waals surface area (Å²) in [5, 5.41) is 7.94. The van der Waals surface area contributed by atoms with Gasteiger partial charge in [-0.3, -0.25) is 4.79 Å². The Morgan fingerprint density at radius 3 is 2.75 bits per heavy atom.